The van der Waals surface area contributed by atoms with Crippen molar-refractivity contribution in [3.63, 3.8) is 0 Å². The van der Waals surface area contributed by atoms with Gasteiger partial charge in [0.1, 0.15) is 5.75 Å². The zero-order chi connectivity index (χ0) is 15.0. The quantitative estimate of drug-likeness (QED) is 0.804. The van der Waals surface area contributed by atoms with Crippen LogP contribution in [0.15, 0.2) is 29.8 Å². The molecular weight excluding hydrogens is 288 g/mol. The van der Waals surface area contributed by atoms with E-state index in [1.165, 1.54) is 11.3 Å². The minimum absolute atomic E-state index is 0.0600. The van der Waals surface area contributed by atoms with Gasteiger partial charge in [-0.15, -0.1) is 11.3 Å². The Morgan fingerprint density at radius 3 is 2.95 bits per heavy atom. The molecule has 0 spiro atoms. The number of aromatic nitrogens is 2. The highest BCUT2D eigenvalue weighted by Gasteiger charge is 2.12. The smallest absolute Gasteiger partial charge is 0.309 e. The summed E-state index contributed by atoms with van der Waals surface area (Å²) in [5.41, 5.74) is 3.68. The fourth-order valence-electron chi connectivity index (χ4n) is 2.32. The van der Waals surface area contributed by atoms with Crippen LogP contribution in [0.3, 0.4) is 0 Å². The number of thiazole rings is 1. The number of hydrogen-bond donors (Lipinski definition) is 1. The van der Waals surface area contributed by atoms with Gasteiger partial charge in [-0.3, -0.25) is 9.20 Å². The van der Waals surface area contributed by atoms with Gasteiger partial charge >= 0.3 is 5.97 Å². The van der Waals surface area contributed by atoms with Crippen LogP contribution in [0.2, 0.25) is 0 Å². The Kier molecular flexibility index (Phi) is 3.39. The summed E-state index contributed by atoms with van der Waals surface area (Å²) < 4.78 is 7.21. The van der Waals surface area contributed by atoms with Crippen molar-refractivity contribution in [1.82, 2.24) is 9.38 Å². The summed E-state index contributed by atoms with van der Waals surface area (Å²) >= 11 is 1.50. The molecule has 5 nitrogen and oxygen atoms in total. The van der Waals surface area contributed by atoms with Crippen molar-refractivity contribution in [2.45, 2.75) is 13.3 Å². The van der Waals surface area contributed by atoms with Gasteiger partial charge < -0.3 is 9.84 Å². The first-order valence-electron chi connectivity index (χ1n) is 6.41. The molecule has 0 aliphatic heterocycles. The number of aliphatic carboxylic acids is 1. The second kappa shape index (κ2) is 5.21. The van der Waals surface area contributed by atoms with Crippen molar-refractivity contribution < 1.29 is 14.6 Å². The van der Waals surface area contributed by atoms with Crippen LogP contribution in [0.1, 0.15) is 11.3 Å². The van der Waals surface area contributed by atoms with Crippen LogP contribution in [-0.2, 0) is 11.2 Å². The third-order valence-corrected chi connectivity index (χ3v) is 4.12. The van der Waals surface area contributed by atoms with E-state index in [1.807, 2.05) is 28.8 Å². The Hall–Kier alpha value is -2.34. The van der Waals surface area contributed by atoms with E-state index >= 15 is 0 Å². The number of aryl methyl sites for hydroxylation is 1. The minimum Gasteiger partial charge on any atom is -0.496 e. The molecule has 6 heteroatoms. The van der Waals surface area contributed by atoms with Gasteiger partial charge in [0, 0.05) is 11.6 Å². The topological polar surface area (TPSA) is 63.8 Å². The van der Waals surface area contributed by atoms with Crippen LogP contribution in [-0.4, -0.2) is 27.6 Å². The molecule has 2 aromatic heterocycles. The molecule has 108 valence electrons. The number of carbonyl (C=O) groups is 1. The summed E-state index contributed by atoms with van der Waals surface area (Å²) in [5.74, 6) is -0.0231. The minimum atomic E-state index is -0.873. The van der Waals surface area contributed by atoms with Crippen LogP contribution in [0.25, 0.3) is 16.2 Å². The van der Waals surface area contributed by atoms with E-state index in [0.717, 1.165) is 27.5 Å². The first-order chi connectivity index (χ1) is 10.1. The second-order valence-electron chi connectivity index (χ2n) is 4.76. The van der Waals surface area contributed by atoms with Crippen LogP contribution in [0, 0.1) is 6.92 Å². The third-order valence-electron chi connectivity index (χ3n) is 3.28. The predicted molar refractivity (Wildman–Crippen MR) is 81.1 cm³/mol. The molecule has 2 heterocycles. The molecule has 0 radical (unpaired) electrons. The average Bonchev–Trinajstić information content (AvgIpc) is 2.97. The fraction of sp³-hybridized carbons (Fsp3) is 0.200. The van der Waals surface area contributed by atoms with Gasteiger partial charge in [0.05, 0.1) is 24.9 Å². The number of hydrogen-bond acceptors (Lipinski definition) is 4. The van der Waals surface area contributed by atoms with Crippen LogP contribution < -0.4 is 4.74 Å². The Balaban J connectivity index is 2.05. The Bertz CT molecular complexity index is 820. The highest BCUT2D eigenvalue weighted by atomic mass is 32.1. The summed E-state index contributed by atoms with van der Waals surface area (Å²) in [6, 6.07) is 5.98. The van der Waals surface area contributed by atoms with E-state index in [0.29, 0.717) is 5.69 Å². The highest BCUT2D eigenvalue weighted by Crippen LogP contribution is 2.29. The molecule has 0 atom stereocenters. The van der Waals surface area contributed by atoms with Crippen molar-refractivity contribution >= 4 is 22.3 Å². The second-order valence-corrected chi connectivity index (χ2v) is 5.60. The maximum Gasteiger partial charge on any atom is 0.309 e. The van der Waals surface area contributed by atoms with Gasteiger partial charge in [0.2, 0.25) is 0 Å². The SMILES string of the molecule is COc1ccc(-c2csc3nc(CC(=O)O)cn23)cc1C. The van der Waals surface area contributed by atoms with Gasteiger partial charge in [-0.25, -0.2) is 4.98 Å². The lowest BCUT2D eigenvalue weighted by atomic mass is 10.1. The van der Waals surface area contributed by atoms with Gasteiger partial charge in [-0.1, -0.05) is 0 Å². The number of benzene rings is 1. The van der Waals surface area contributed by atoms with Crippen molar-refractivity contribution in [2.24, 2.45) is 0 Å². The normalized spacial score (nSPS) is 11.0. The Morgan fingerprint density at radius 2 is 2.29 bits per heavy atom. The molecule has 3 aromatic rings. The van der Waals surface area contributed by atoms with E-state index in [-0.39, 0.29) is 6.42 Å². The highest BCUT2D eigenvalue weighted by molar-refractivity contribution is 7.15. The molecule has 0 aliphatic carbocycles. The lowest BCUT2D eigenvalue weighted by molar-refractivity contribution is -0.136. The van der Waals surface area contributed by atoms with Gasteiger partial charge in [-0.05, 0) is 36.2 Å². The molecule has 0 saturated heterocycles. The zero-order valence-electron chi connectivity index (χ0n) is 11.7. The molecule has 0 fully saturated rings. The molecule has 21 heavy (non-hydrogen) atoms. The Labute approximate surface area is 125 Å². The number of carboxylic acid groups (broad SMARTS) is 1. The number of methoxy groups -OCH3 is 1. The van der Waals surface area contributed by atoms with Crippen LogP contribution in [0.5, 0.6) is 5.75 Å². The van der Waals surface area contributed by atoms with Gasteiger partial charge in [0.25, 0.3) is 0 Å². The summed E-state index contributed by atoms with van der Waals surface area (Å²) in [6.45, 7) is 2.00. The van der Waals surface area contributed by atoms with Crippen molar-refractivity contribution in [2.75, 3.05) is 7.11 Å². The molecule has 0 aliphatic rings. The summed E-state index contributed by atoms with van der Waals surface area (Å²) in [5, 5.41) is 10.9. The van der Waals surface area contributed by atoms with E-state index in [2.05, 4.69) is 11.1 Å². The Morgan fingerprint density at radius 1 is 1.48 bits per heavy atom. The van der Waals surface area contributed by atoms with Crippen molar-refractivity contribution in [3.8, 4) is 17.0 Å². The number of imidazole rings is 1. The predicted octanol–water partition coefficient (Wildman–Crippen LogP) is 3.01. The lowest BCUT2D eigenvalue weighted by Gasteiger charge is -2.06. The lowest BCUT2D eigenvalue weighted by Crippen LogP contribution is -1.99. The first-order valence-corrected chi connectivity index (χ1v) is 7.28. The molecular formula is C15H14N2O3S. The molecule has 1 N–H and O–H groups in total. The van der Waals surface area contributed by atoms with E-state index < -0.39 is 5.97 Å². The number of fused-ring (bicyclic) bond motifs is 1. The van der Waals surface area contributed by atoms with Crippen molar-refractivity contribution in [3.05, 3.63) is 41.0 Å². The number of ether oxygens (including phenoxy) is 1. The molecule has 3 rings (SSSR count). The first kappa shape index (κ1) is 13.6. The third kappa shape index (κ3) is 2.50. The molecule has 0 bridgehead atoms. The maximum absolute atomic E-state index is 10.8. The van der Waals surface area contributed by atoms with E-state index in [9.17, 15) is 4.79 Å². The summed E-state index contributed by atoms with van der Waals surface area (Å²) in [6.07, 6.45) is 1.73. The monoisotopic (exact) mass is 302 g/mol. The average molecular weight is 302 g/mol. The number of nitrogens with zero attached hydrogens (tertiary/aromatic N) is 2. The fourth-order valence-corrected chi connectivity index (χ4v) is 3.22. The molecule has 1 aromatic carbocycles. The largest absolute Gasteiger partial charge is 0.496 e. The zero-order valence-corrected chi connectivity index (χ0v) is 12.5. The van der Waals surface area contributed by atoms with E-state index in [1.54, 1.807) is 13.3 Å². The maximum atomic E-state index is 10.8. The standard InChI is InChI=1S/C15H14N2O3S/c1-9-5-10(3-4-13(9)20-2)12-8-21-15-16-11(6-14(18)19)7-17(12)15/h3-5,7-8H,6H2,1-2H3,(H,18,19). The van der Waals surface area contributed by atoms with Crippen LogP contribution in [0.4, 0.5) is 0 Å². The number of rotatable bonds is 4. The van der Waals surface area contributed by atoms with Crippen molar-refractivity contribution in [1.29, 1.82) is 0 Å². The molecule has 0 unspecified atom stereocenters. The van der Waals surface area contributed by atoms with Crippen LogP contribution >= 0.6 is 11.3 Å². The van der Waals surface area contributed by atoms with Gasteiger partial charge in [0.15, 0.2) is 4.96 Å². The molecule has 0 saturated carbocycles. The molecule has 0 amide bonds. The summed E-state index contributed by atoms with van der Waals surface area (Å²) in [7, 11) is 1.65. The summed E-state index contributed by atoms with van der Waals surface area (Å²) in [4.78, 5) is 15.9. The number of carboxylic acids is 1. The van der Waals surface area contributed by atoms with E-state index in [4.69, 9.17) is 9.84 Å². The van der Waals surface area contributed by atoms with Gasteiger partial charge in [-0.2, -0.15) is 0 Å².